The molecule has 0 radical (unpaired) electrons. The molecule has 0 aromatic rings. The van der Waals surface area contributed by atoms with Crippen molar-refractivity contribution in [1.82, 2.24) is 16.0 Å². The molecule has 0 spiro atoms. The Kier molecular flexibility index (Phi) is 16.9. The molecule has 0 aromatic carbocycles. The van der Waals surface area contributed by atoms with E-state index >= 15 is 0 Å². The zero-order chi connectivity index (χ0) is 22.7. The van der Waals surface area contributed by atoms with Gasteiger partial charge in [0.2, 0.25) is 11.8 Å². The molecule has 176 valence electrons. The number of nitrogens with one attached hydrogen (secondary N) is 3. The number of hydrogen-bond donors (Lipinski definition) is 3. The monoisotopic (exact) mass is 429 g/mol. The van der Waals surface area contributed by atoms with E-state index in [2.05, 4.69) is 22.9 Å². The molecular weight excluding hydrogens is 386 g/mol. The van der Waals surface area contributed by atoms with Gasteiger partial charge in [0.05, 0.1) is 13.2 Å². The van der Waals surface area contributed by atoms with Crippen molar-refractivity contribution in [2.45, 2.75) is 91.1 Å². The number of alkyl carbamates (subject to hydrolysis) is 1. The van der Waals surface area contributed by atoms with Gasteiger partial charge in [0, 0.05) is 32.5 Å². The molecule has 0 rings (SSSR count). The second-order valence-corrected chi connectivity index (χ2v) is 8.36. The Bertz CT molecular complexity index is 478. The van der Waals surface area contributed by atoms with Crippen LogP contribution >= 0.6 is 0 Å². The van der Waals surface area contributed by atoms with Gasteiger partial charge in [-0.1, -0.05) is 32.6 Å². The van der Waals surface area contributed by atoms with E-state index in [4.69, 9.17) is 9.47 Å². The maximum Gasteiger partial charge on any atom is 0.407 e. The lowest BCUT2D eigenvalue weighted by Gasteiger charge is -2.19. The van der Waals surface area contributed by atoms with Gasteiger partial charge in [0.25, 0.3) is 0 Å². The Morgan fingerprint density at radius 2 is 1.23 bits per heavy atom. The van der Waals surface area contributed by atoms with E-state index in [0.717, 1.165) is 32.1 Å². The highest BCUT2D eigenvalue weighted by atomic mass is 16.6. The molecule has 0 saturated carbocycles. The summed E-state index contributed by atoms with van der Waals surface area (Å²) < 4.78 is 10.6. The van der Waals surface area contributed by atoms with Crippen molar-refractivity contribution < 1.29 is 23.9 Å². The Morgan fingerprint density at radius 3 is 1.73 bits per heavy atom. The summed E-state index contributed by atoms with van der Waals surface area (Å²) in [5.41, 5.74) is -0.492. The molecular formula is C22H43N3O5. The molecule has 8 heteroatoms. The van der Waals surface area contributed by atoms with Crippen LogP contribution in [0, 0.1) is 0 Å². The van der Waals surface area contributed by atoms with Crippen molar-refractivity contribution in [3.63, 3.8) is 0 Å². The summed E-state index contributed by atoms with van der Waals surface area (Å²) in [6.07, 6.45) is 7.44. The van der Waals surface area contributed by atoms with Gasteiger partial charge in [-0.15, -0.1) is 0 Å². The predicted octanol–water partition coefficient (Wildman–Crippen LogP) is 3.29. The number of carbonyl (C=O) groups is 3. The topological polar surface area (TPSA) is 106 Å². The summed E-state index contributed by atoms with van der Waals surface area (Å²) in [6.45, 7) is 10.00. The van der Waals surface area contributed by atoms with E-state index in [1.54, 1.807) is 0 Å². The molecule has 3 amide bonds. The first-order valence-corrected chi connectivity index (χ1v) is 11.3. The first-order valence-electron chi connectivity index (χ1n) is 11.3. The summed E-state index contributed by atoms with van der Waals surface area (Å²) in [4.78, 5) is 34.8. The van der Waals surface area contributed by atoms with Crippen LogP contribution in [0.15, 0.2) is 0 Å². The van der Waals surface area contributed by atoms with Crippen LogP contribution in [-0.2, 0) is 19.1 Å². The van der Waals surface area contributed by atoms with Crippen LogP contribution in [-0.4, -0.2) is 56.4 Å². The highest BCUT2D eigenvalue weighted by Crippen LogP contribution is 2.06. The SMILES string of the molecule is CCCCCCC(=O)NCCOCCNC(=O)CCCCCNC(=O)OC(C)(C)C. The lowest BCUT2D eigenvalue weighted by atomic mass is 10.1. The van der Waals surface area contributed by atoms with Gasteiger partial charge < -0.3 is 25.4 Å². The summed E-state index contributed by atoms with van der Waals surface area (Å²) in [5, 5.41) is 8.36. The lowest BCUT2D eigenvalue weighted by Crippen LogP contribution is -2.33. The van der Waals surface area contributed by atoms with Gasteiger partial charge >= 0.3 is 6.09 Å². The molecule has 0 aromatic heterocycles. The fourth-order valence-electron chi connectivity index (χ4n) is 2.61. The average molecular weight is 430 g/mol. The highest BCUT2D eigenvalue weighted by molar-refractivity contribution is 5.76. The van der Waals surface area contributed by atoms with Crippen molar-refractivity contribution in [3.8, 4) is 0 Å². The molecule has 0 unspecified atom stereocenters. The van der Waals surface area contributed by atoms with E-state index in [-0.39, 0.29) is 11.8 Å². The maximum atomic E-state index is 11.8. The molecule has 0 bridgehead atoms. The lowest BCUT2D eigenvalue weighted by molar-refractivity contribution is -0.121. The van der Waals surface area contributed by atoms with Gasteiger partial charge in [-0.05, 0) is 40.0 Å². The van der Waals surface area contributed by atoms with Gasteiger partial charge in [0.1, 0.15) is 5.60 Å². The van der Waals surface area contributed by atoms with Crippen LogP contribution in [0.1, 0.15) is 85.5 Å². The fraction of sp³-hybridized carbons (Fsp3) is 0.864. The fourth-order valence-corrected chi connectivity index (χ4v) is 2.61. The molecule has 0 aliphatic rings. The van der Waals surface area contributed by atoms with Crippen LogP contribution in [0.3, 0.4) is 0 Å². The molecule has 0 heterocycles. The Labute approximate surface area is 182 Å². The zero-order valence-electron chi connectivity index (χ0n) is 19.4. The van der Waals surface area contributed by atoms with Crippen LogP contribution in [0.25, 0.3) is 0 Å². The minimum absolute atomic E-state index is 0.000849. The van der Waals surface area contributed by atoms with Gasteiger partial charge in [-0.3, -0.25) is 9.59 Å². The molecule has 0 aliphatic heterocycles. The third-order valence-electron chi connectivity index (χ3n) is 4.14. The molecule has 8 nitrogen and oxygen atoms in total. The van der Waals surface area contributed by atoms with Gasteiger partial charge in [-0.25, -0.2) is 4.79 Å². The van der Waals surface area contributed by atoms with E-state index in [9.17, 15) is 14.4 Å². The molecule has 30 heavy (non-hydrogen) atoms. The van der Waals surface area contributed by atoms with E-state index in [1.165, 1.54) is 12.8 Å². The smallest absolute Gasteiger partial charge is 0.407 e. The van der Waals surface area contributed by atoms with Crippen molar-refractivity contribution >= 4 is 17.9 Å². The quantitative estimate of drug-likeness (QED) is 0.308. The molecule has 0 aliphatic carbocycles. The number of hydrogen-bond acceptors (Lipinski definition) is 5. The average Bonchev–Trinajstić information content (AvgIpc) is 2.65. The Morgan fingerprint density at radius 1 is 0.700 bits per heavy atom. The summed E-state index contributed by atoms with van der Waals surface area (Å²) >= 11 is 0. The maximum absolute atomic E-state index is 11.8. The number of amides is 3. The first-order chi connectivity index (χ1) is 14.2. The molecule has 3 N–H and O–H groups in total. The van der Waals surface area contributed by atoms with Gasteiger partial charge in [0.15, 0.2) is 0 Å². The number of rotatable bonds is 17. The third kappa shape index (κ3) is 20.9. The van der Waals surface area contributed by atoms with E-state index in [1.807, 2.05) is 20.8 Å². The van der Waals surface area contributed by atoms with E-state index < -0.39 is 11.7 Å². The first kappa shape index (κ1) is 28.2. The van der Waals surface area contributed by atoms with Gasteiger partial charge in [-0.2, -0.15) is 0 Å². The number of unbranched alkanes of at least 4 members (excludes halogenated alkanes) is 5. The minimum atomic E-state index is -0.492. The Hall–Kier alpha value is -1.83. The number of ether oxygens (including phenoxy) is 2. The highest BCUT2D eigenvalue weighted by Gasteiger charge is 2.15. The van der Waals surface area contributed by atoms with Crippen LogP contribution in [0.2, 0.25) is 0 Å². The van der Waals surface area contributed by atoms with Crippen molar-refractivity contribution in [2.75, 3.05) is 32.8 Å². The van der Waals surface area contributed by atoms with Crippen LogP contribution < -0.4 is 16.0 Å². The second kappa shape index (κ2) is 18.0. The zero-order valence-corrected chi connectivity index (χ0v) is 19.4. The standard InChI is InChI=1S/C22H43N3O5/c1-5-6-7-9-12-19(26)23-15-17-29-18-16-24-20(27)13-10-8-11-14-25-21(28)30-22(2,3)4/h5-18H2,1-4H3,(H,23,26)(H,24,27)(H,25,28). The number of carbonyl (C=O) groups excluding carboxylic acids is 3. The van der Waals surface area contributed by atoms with Crippen molar-refractivity contribution in [2.24, 2.45) is 0 Å². The normalized spacial score (nSPS) is 11.1. The third-order valence-corrected chi connectivity index (χ3v) is 4.14. The Balaban J connectivity index is 3.40. The second-order valence-electron chi connectivity index (χ2n) is 8.36. The summed E-state index contributed by atoms with van der Waals surface area (Å²) in [5.74, 6) is 0.0726. The summed E-state index contributed by atoms with van der Waals surface area (Å²) in [6, 6.07) is 0. The molecule has 0 saturated heterocycles. The molecule has 0 fully saturated rings. The van der Waals surface area contributed by atoms with Crippen LogP contribution in [0.4, 0.5) is 4.79 Å². The van der Waals surface area contributed by atoms with Crippen molar-refractivity contribution in [3.05, 3.63) is 0 Å². The minimum Gasteiger partial charge on any atom is -0.444 e. The molecule has 0 atom stereocenters. The summed E-state index contributed by atoms with van der Waals surface area (Å²) in [7, 11) is 0. The predicted molar refractivity (Wildman–Crippen MR) is 118 cm³/mol. The largest absolute Gasteiger partial charge is 0.444 e. The van der Waals surface area contributed by atoms with Crippen LogP contribution in [0.5, 0.6) is 0 Å². The van der Waals surface area contributed by atoms with E-state index in [0.29, 0.717) is 45.7 Å². The van der Waals surface area contributed by atoms with Crippen molar-refractivity contribution in [1.29, 1.82) is 0 Å².